The molecule has 0 aromatic carbocycles. The van der Waals surface area contributed by atoms with E-state index in [2.05, 4.69) is 44.5 Å². The molecule has 1 aliphatic rings. The fraction of sp³-hybridized carbons (Fsp3) is 0.840. The third-order valence-corrected chi connectivity index (χ3v) is 6.54. The molecule has 1 N–H and O–H groups in total. The van der Waals surface area contributed by atoms with Crippen LogP contribution in [0.2, 0.25) is 0 Å². The third kappa shape index (κ3) is 9.93. The maximum absolute atomic E-state index is 11.5. The van der Waals surface area contributed by atoms with Crippen molar-refractivity contribution in [1.29, 1.82) is 0 Å². The largest absolute Gasteiger partial charge is 0.307 e. The molecule has 0 fully saturated rings. The predicted molar refractivity (Wildman–Crippen MR) is 126 cm³/mol. The lowest BCUT2D eigenvalue weighted by Gasteiger charge is -2.42. The summed E-state index contributed by atoms with van der Waals surface area (Å²) in [6.45, 7) is 10.2. The van der Waals surface area contributed by atoms with Crippen molar-refractivity contribution in [2.45, 2.75) is 123 Å². The Bertz CT molecular complexity index is 488. The van der Waals surface area contributed by atoms with Crippen molar-refractivity contribution < 1.29 is 9.28 Å². The highest BCUT2D eigenvalue weighted by Crippen LogP contribution is 2.27. The molecule has 0 aromatic rings. The molecule has 0 bridgehead atoms. The Balaban J connectivity index is 2.11. The van der Waals surface area contributed by atoms with E-state index >= 15 is 0 Å². The first-order chi connectivity index (χ1) is 14.1. The first kappa shape index (κ1) is 25.9. The topological polar surface area (TPSA) is 41.5 Å². The van der Waals surface area contributed by atoms with Gasteiger partial charge in [-0.15, -0.1) is 0 Å². The van der Waals surface area contributed by atoms with Crippen LogP contribution in [0.4, 0.5) is 0 Å². The Kier molecular flexibility index (Phi) is 14.0. The zero-order chi connectivity index (χ0) is 21.4. The summed E-state index contributed by atoms with van der Waals surface area (Å²) in [6, 6.07) is 0. The minimum Gasteiger partial charge on any atom is -0.307 e. The smallest absolute Gasteiger partial charge is 0.221 e. The van der Waals surface area contributed by atoms with E-state index in [-0.39, 0.29) is 12.1 Å². The number of amides is 1. The average molecular weight is 407 g/mol. The molecule has 0 aliphatic carbocycles. The summed E-state index contributed by atoms with van der Waals surface area (Å²) in [4.78, 5) is 16.3. The molecule has 0 saturated carbocycles. The van der Waals surface area contributed by atoms with Crippen LogP contribution in [0.15, 0.2) is 17.1 Å². The van der Waals surface area contributed by atoms with Crippen LogP contribution in [0.3, 0.4) is 0 Å². The Morgan fingerprint density at radius 1 is 1.03 bits per heavy atom. The van der Waals surface area contributed by atoms with Gasteiger partial charge in [0, 0.05) is 20.3 Å². The van der Waals surface area contributed by atoms with Gasteiger partial charge in [-0.3, -0.25) is 9.28 Å². The Labute approximate surface area is 180 Å². The average Bonchev–Trinajstić information content (AvgIpc) is 3.12. The van der Waals surface area contributed by atoms with E-state index in [4.69, 9.17) is 4.99 Å². The van der Waals surface area contributed by atoms with Crippen molar-refractivity contribution in [3.63, 3.8) is 0 Å². The standard InChI is InChI=1S/C25H47N3O/c1-5-7-8-9-10-11-12-13-14-15-16-17-18-19-20-25-26-21-22-28(25,6-2)23(3)27-24(4)29/h13-14,21,23,25H,5-12,15-20,22H2,1-4H3/p+1/b14-13+. The number of carbonyl (C=O) groups is 1. The Hall–Kier alpha value is -1.16. The van der Waals surface area contributed by atoms with E-state index < -0.39 is 0 Å². The molecule has 1 amide bonds. The van der Waals surface area contributed by atoms with E-state index in [9.17, 15) is 4.79 Å². The second-order valence-electron chi connectivity index (χ2n) is 8.81. The van der Waals surface area contributed by atoms with Crippen LogP contribution in [-0.2, 0) is 4.79 Å². The van der Waals surface area contributed by atoms with Gasteiger partial charge >= 0.3 is 0 Å². The van der Waals surface area contributed by atoms with Gasteiger partial charge in [-0.05, 0) is 39.0 Å². The van der Waals surface area contributed by atoms with Gasteiger partial charge in [0.2, 0.25) is 5.91 Å². The number of quaternary nitrogens is 1. The number of allylic oxidation sites excluding steroid dienone is 2. The highest BCUT2D eigenvalue weighted by molar-refractivity contribution is 5.73. The van der Waals surface area contributed by atoms with Gasteiger partial charge in [0.15, 0.2) is 12.3 Å². The van der Waals surface area contributed by atoms with E-state index in [1.165, 1.54) is 77.0 Å². The van der Waals surface area contributed by atoms with Crippen LogP contribution < -0.4 is 5.32 Å². The molecule has 4 heteroatoms. The van der Waals surface area contributed by atoms with Crippen molar-refractivity contribution in [1.82, 2.24) is 5.32 Å². The number of hydrogen-bond donors (Lipinski definition) is 1. The quantitative estimate of drug-likeness (QED) is 0.170. The number of unbranched alkanes of at least 4 members (excludes halogenated alkanes) is 10. The minimum absolute atomic E-state index is 0.0543. The van der Waals surface area contributed by atoms with Gasteiger partial charge in [0.25, 0.3) is 0 Å². The highest BCUT2D eigenvalue weighted by Gasteiger charge is 2.42. The lowest BCUT2D eigenvalue weighted by atomic mass is 10.1. The Morgan fingerprint density at radius 3 is 2.21 bits per heavy atom. The van der Waals surface area contributed by atoms with Gasteiger partial charge in [-0.1, -0.05) is 64.0 Å². The minimum atomic E-state index is 0.0543. The van der Waals surface area contributed by atoms with Crippen molar-refractivity contribution in [2.75, 3.05) is 13.1 Å². The summed E-state index contributed by atoms with van der Waals surface area (Å²) in [6.07, 6.45) is 24.3. The van der Waals surface area contributed by atoms with E-state index in [1.54, 1.807) is 6.92 Å². The van der Waals surface area contributed by atoms with E-state index in [1.807, 2.05) is 0 Å². The first-order valence-electron chi connectivity index (χ1n) is 12.4. The van der Waals surface area contributed by atoms with Gasteiger partial charge in [-0.25, -0.2) is 4.99 Å². The number of nitrogens with zero attached hydrogens (tertiary/aromatic N) is 2. The molecule has 4 nitrogen and oxygen atoms in total. The SMILES string of the molecule is CCCCCCCC/C=C/CCCCCCC1N=CC[N+]1(CC)C(C)NC(C)=O. The molecule has 3 atom stereocenters. The molecule has 1 heterocycles. The molecular weight excluding hydrogens is 358 g/mol. The summed E-state index contributed by atoms with van der Waals surface area (Å²) in [5.41, 5.74) is 0. The van der Waals surface area contributed by atoms with Crippen molar-refractivity contribution in [3.05, 3.63) is 12.2 Å². The third-order valence-electron chi connectivity index (χ3n) is 6.54. The number of aliphatic imine (C=N–C) groups is 1. The van der Waals surface area contributed by atoms with E-state index in [0.29, 0.717) is 6.17 Å². The molecule has 3 unspecified atom stereocenters. The van der Waals surface area contributed by atoms with Crippen LogP contribution in [0.1, 0.15) is 111 Å². The molecule has 0 aromatic heterocycles. The number of nitrogens with one attached hydrogen (secondary N) is 1. The normalized spacial score (nSPS) is 22.4. The molecule has 0 saturated heterocycles. The summed E-state index contributed by atoms with van der Waals surface area (Å²) < 4.78 is 0.876. The fourth-order valence-corrected chi connectivity index (χ4v) is 4.58. The van der Waals surface area contributed by atoms with Crippen molar-refractivity contribution in [2.24, 2.45) is 4.99 Å². The van der Waals surface area contributed by atoms with E-state index in [0.717, 1.165) is 24.0 Å². The Morgan fingerprint density at radius 2 is 1.62 bits per heavy atom. The molecule has 168 valence electrons. The lowest BCUT2D eigenvalue weighted by Crippen LogP contribution is -2.63. The molecule has 29 heavy (non-hydrogen) atoms. The molecule has 0 radical (unpaired) electrons. The summed E-state index contributed by atoms with van der Waals surface area (Å²) >= 11 is 0. The van der Waals surface area contributed by atoms with Crippen LogP contribution in [0.25, 0.3) is 0 Å². The zero-order valence-corrected chi connectivity index (χ0v) is 19.8. The van der Waals surface area contributed by atoms with Crippen molar-refractivity contribution >= 4 is 12.1 Å². The molecule has 0 spiro atoms. The molecular formula is C25H48N3O+. The summed E-state index contributed by atoms with van der Waals surface area (Å²) in [5.74, 6) is 0.0543. The van der Waals surface area contributed by atoms with Crippen LogP contribution >= 0.6 is 0 Å². The zero-order valence-electron chi connectivity index (χ0n) is 19.8. The molecule has 1 aliphatic heterocycles. The van der Waals surface area contributed by atoms with Gasteiger partial charge in [-0.2, -0.15) is 0 Å². The van der Waals surface area contributed by atoms with Gasteiger partial charge in [0.1, 0.15) is 6.54 Å². The maximum Gasteiger partial charge on any atom is 0.221 e. The molecule has 1 rings (SSSR count). The highest BCUT2D eigenvalue weighted by atomic mass is 16.1. The van der Waals surface area contributed by atoms with Gasteiger partial charge < -0.3 is 5.32 Å². The number of rotatable bonds is 17. The predicted octanol–water partition coefficient (Wildman–Crippen LogP) is 6.36. The van der Waals surface area contributed by atoms with Crippen LogP contribution in [0, 0.1) is 0 Å². The lowest BCUT2D eigenvalue weighted by molar-refractivity contribution is -0.959. The van der Waals surface area contributed by atoms with Crippen molar-refractivity contribution in [3.8, 4) is 0 Å². The summed E-state index contributed by atoms with van der Waals surface area (Å²) in [5, 5.41) is 3.10. The number of hydrogen-bond acceptors (Lipinski definition) is 2. The van der Waals surface area contributed by atoms with Gasteiger partial charge in [0.05, 0.1) is 12.8 Å². The maximum atomic E-state index is 11.5. The monoisotopic (exact) mass is 406 g/mol. The van der Waals surface area contributed by atoms with Crippen LogP contribution in [0.5, 0.6) is 0 Å². The number of carbonyl (C=O) groups excluding carboxylic acids is 1. The fourth-order valence-electron chi connectivity index (χ4n) is 4.58. The first-order valence-corrected chi connectivity index (χ1v) is 12.4. The second-order valence-corrected chi connectivity index (χ2v) is 8.81. The summed E-state index contributed by atoms with van der Waals surface area (Å²) in [7, 11) is 0. The second kappa shape index (κ2) is 15.6. The van der Waals surface area contributed by atoms with Crippen LogP contribution in [-0.4, -0.2) is 42.0 Å².